The van der Waals surface area contributed by atoms with Gasteiger partial charge in [-0.25, -0.2) is 4.79 Å². The number of carboxylic acids is 1. The number of allylic oxidation sites excluding steroid dienone is 1. The third kappa shape index (κ3) is 1.62. The molecule has 0 aromatic heterocycles. The van der Waals surface area contributed by atoms with Crippen LogP contribution < -0.4 is 0 Å². The summed E-state index contributed by atoms with van der Waals surface area (Å²) in [6, 6.07) is 0. The molecule has 0 saturated heterocycles. The van der Waals surface area contributed by atoms with Crippen LogP contribution in [-0.4, -0.2) is 11.1 Å². The Balaban J connectivity index is 2.78. The Bertz CT molecular complexity index is 194. The summed E-state index contributed by atoms with van der Waals surface area (Å²) in [5.74, 6) is -0.00333. The van der Waals surface area contributed by atoms with Crippen LogP contribution in [-0.2, 0) is 4.79 Å². The average molecular weight is 154 g/mol. The van der Waals surface area contributed by atoms with E-state index in [0.29, 0.717) is 11.5 Å². The standard InChI is InChI=1S/C9H14O2/c1-6-4-3-5-8(7(6)2)9(10)11/h5-7H,3-4H2,1-2H3,(H,10,11). The lowest BCUT2D eigenvalue weighted by atomic mass is 9.81. The third-order valence-electron chi connectivity index (χ3n) is 2.58. The predicted octanol–water partition coefficient (Wildman–Crippen LogP) is 2.06. The Hall–Kier alpha value is -0.790. The molecule has 2 nitrogen and oxygen atoms in total. The Kier molecular flexibility index (Phi) is 2.32. The van der Waals surface area contributed by atoms with Crippen molar-refractivity contribution in [3.05, 3.63) is 11.6 Å². The minimum absolute atomic E-state index is 0.223. The van der Waals surface area contributed by atoms with Crippen molar-refractivity contribution >= 4 is 5.97 Å². The van der Waals surface area contributed by atoms with Gasteiger partial charge in [0.05, 0.1) is 0 Å². The number of carboxylic acid groups (broad SMARTS) is 1. The van der Waals surface area contributed by atoms with Gasteiger partial charge in [-0.2, -0.15) is 0 Å². The molecule has 0 saturated carbocycles. The summed E-state index contributed by atoms with van der Waals surface area (Å²) < 4.78 is 0. The first-order valence-corrected chi connectivity index (χ1v) is 4.06. The summed E-state index contributed by atoms with van der Waals surface area (Å²) in [5.41, 5.74) is 0.601. The molecule has 0 radical (unpaired) electrons. The summed E-state index contributed by atoms with van der Waals surface area (Å²) in [6.07, 6.45) is 3.90. The summed E-state index contributed by atoms with van der Waals surface area (Å²) in [6.45, 7) is 4.10. The van der Waals surface area contributed by atoms with Crippen LogP contribution in [0.3, 0.4) is 0 Å². The summed E-state index contributed by atoms with van der Waals surface area (Å²) >= 11 is 0. The summed E-state index contributed by atoms with van der Waals surface area (Å²) in [7, 11) is 0. The minimum atomic E-state index is -0.746. The second kappa shape index (κ2) is 3.07. The molecule has 0 fully saturated rings. The smallest absolute Gasteiger partial charge is 0.331 e. The van der Waals surface area contributed by atoms with Crippen LogP contribution in [0, 0.1) is 11.8 Å². The first-order valence-electron chi connectivity index (χ1n) is 4.06. The second-order valence-corrected chi connectivity index (χ2v) is 3.31. The van der Waals surface area contributed by atoms with Crippen molar-refractivity contribution in [3.8, 4) is 0 Å². The highest BCUT2D eigenvalue weighted by molar-refractivity contribution is 5.87. The Morgan fingerprint density at radius 3 is 2.73 bits per heavy atom. The van der Waals surface area contributed by atoms with E-state index in [2.05, 4.69) is 6.92 Å². The largest absolute Gasteiger partial charge is 0.478 e. The molecule has 2 heteroatoms. The van der Waals surface area contributed by atoms with Gasteiger partial charge in [-0.15, -0.1) is 0 Å². The van der Waals surface area contributed by atoms with E-state index in [9.17, 15) is 4.79 Å². The highest BCUT2D eigenvalue weighted by Gasteiger charge is 2.24. The zero-order valence-electron chi connectivity index (χ0n) is 7.00. The molecule has 1 aliphatic rings. The highest BCUT2D eigenvalue weighted by atomic mass is 16.4. The number of rotatable bonds is 1. The fraction of sp³-hybridized carbons (Fsp3) is 0.667. The SMILES string of the molecule is CC1CCC=C(C(=O)O)C1C. The second-order valence-electron chi connectivity index (χ2n) is 3.31. The van der Waals surface area contributed by atoms with Crippen molar-refractivity contribution < 1.29 is 9.90 Å². The molecule has 0 aromatic carbocycles. The lowest BCUT2D eigenvalue weighted by Gasteiger charge is -2.24. The molecule has 62 valence electrons. The van der Waals surface area contributed by atoms with Crippen molar-refractivity contribution in [1.29, 1.82) is 0 Å². The van der Waals surface area contributed by atoms with E-state index < -0.39 is 5.97 Å². The summed E-state index contributed by atoms with van der Waals surface area (Å²) in [4.78, 5) is 10.6. The van der Waals surface area contributed by atoms with Crippen molar-refractivity contribution in [2.24, 2.45) is 11.8 Å². The van der Waals surface area contributed by atoms with Gasteiger partial charge in [0.15, 0.2) is 0 Å². The van der Waals surface area contributed by atoms with E-state index in [1.54, 1.807) is 0 Å². The van der Waals surface area contributed by atoms with Crippen LogP contribution >= 0.6 is 0 Å². The summed E-state index contributed by atoms with van der Waals surface area (Å²) in [5, 5.41) is 8.76. The van der Waals surface area contributed by atoms with E-state index in [4.69, 9.17) is 5.11 Å². The van der Waals surface area contributed by atoms with Crippen molar-refractivity contribution in [1.82, 2.24) is 0 Å². The molecule has 11 heavy (non-hydrogen) atoms. The quantitative estimate of drug-likeness (QED) is 0.627. The van der Waals surface area contributed by atoms with Gasteiger partial charge in [-0.1, -0.05) is 19.9 Å². The number of hydrogen-bond donors (Lipinski definition) is 1. The van der Waals surface area contributed by atoms with Gasteiger partial charge in [0.2, 0.25) is 0 Å². The molecule has 0 amide bonds. The molecule has 0 aromatic rings. The van der Waals surface area contributed by atoms with Crippen molar-refractivity contribution in [3.63, 3.8) is 0 Å². The maximum atomic E-state index is 10.6. The molecule has 2 unspecified atom stereocenters. The van der Waals surface area contributed by atoms with E-state index in [0.717, 1.165) is 12.8 Å². The van der Waals surface area contributed by atoms with Crippen LogP contribution in [0.5, 0.6) is 0 Å². The molecule has 0 bridgehead atoms. The minimum Gasteiger partial charge on any atom is -0.478 e. The Morgan fingerprint density at radius 2 is 2.27 bits per heavy atom. The van der Waals surface area contributed by atoms with E-state index in [1.807, 2.05) is 13.0 Å². The van der Waals surface area contributed by atoms with Gasteiger partial charge in [0.1, 0.15) is 0 Å². The zero-order chi connectivity index (χ0) is 8.43. The molecule has 0 aliphatic heterocycles. The van der Waals surface area contributed by atoms with E-state index in [1.165, 1.54) is 0 Å². The Labute approximate surface area is 66.9 Å². The van der Waals surface area contributed by atoms with Crippen LogP contribution in [0.2, 0.25) is 0 Å². The Morgan fingerprint density at radius 1 is 1.64 bits per heavy atom. The molecule has 1 aliphatic carbocycles. The lowest BCUT2D eigenvalue weighted by molar-refractivity contribution is -0.133. The van der Waals surface area contributed by atoms with Gasteiger partial charge in [0, 0.05) is 5.57 Å². The number of hydrogen-bond acceptors (Lipinski definition) is 1. The van der Waals surface area contributed by atoms with Crippen molar-refractivity contribution in [2.75, 3.05) is 0 Å². The molecular formula is C9H14O2. The fourth-order valence-electron chi connectivity index (χ4n) is 1.53. The topological polar surface area (TPSA) is 37.3 Å². The first-order chi connectivity index (χ1) is 5.13. The molecule has 0 spiro atoms. The maximum absolute atomic E-state index is 10.6. The van der Waals surface area contributed by atoms with Crippen LogP contribution in [0.1, 0.15) is 26.7 Å². The van der Waals surface area contributed by atoms with E-state index >= 15 is 0 Å². The van der Waals surface area contributed by atoms with Gasteiger partial charge in [-0.3, -0.25) is 0 Å². The monoisotopic (exact) mass is 154 g/mol. The lowest BCUT2D eigenvalue weighted by Crippen LogP contribution is -2.20. The van der Waals surface area contributed by atoms with Crippen LogP contribution in [0.4, 0.5) is 0 Å². The van der Waals surface area contributed by atoms with Gasteiger partial charge >= 0.3 is 5.97 Å². The maximum Gasteiger partial charge on any atom is 0.331 e. The zero-order valence-corrected chi connectivity index (χ0v) is 7.00. The molecule has 2 atom stereocenters. The molecule has 1 N–H and O–H groups in total. The van der Waals surface area contributed by atoms with Gasteiger partial charge < -0.3 is 5.11 Å². The number of carbonyl (C=O) groups is 1. The van der Waals surface area contributed by atoms with Gasteiger partial charge in [0.25, 0.3) is 0 Å². The first kappa shape index (κ1) is 8.31. The normalized spacial score (nSPS) is 31.3. The fourth-order valence-corrected chi connectivity index (χ4v) is 1.53. The van der Waals surface area contributed by atoms with Gasteiger partial charge in [-0.05, 0) is 24.7 Å². The van der Waals surface area contributed by atoms with Crippen molar-refractivity contribution in [2.45, 2.75) is 26.7 Å². The van der Waals surface area contributed by atoms with E-state index in [-0.39, 0.29) is 5.92 Å². The predicted molar refractivity (Wildman–Crippen MR) is 43.3 cm³/mol. The highest BCUT2D eigenvalue weighted by Crippen LogP contribution is 2.29. The van der Waals surface area contributed by atoms with Crippen LogP contribution in [0.25, 0.3) is 0 Å². The average Bonchev–Trinajstić information content (AvgIpc) is 1.94. The molecule has 0 heterocycles. The molecular weight excluding hydrogens is 140 g/mol. The van der Waals surface area contributed by atoms with Crippen LogP contribution in [0.15, 0.2) is 11.6 Å². The molecule has 1 rings (SSSR count). The third-order valence-corrected chi connectivity index (χ3v) is 2.58. The number of aliphatic carboxylic acids is 1.